The maximum absolute atomic E-state index is 6.04. The summed E-state index contributed by atoms with van der Waals surface area (Å²) in [6, 6.07) is 1.36. The van der Waals surface area contributed by atoms with E-state index in [0.29, 0.717) is 12.1 Å². The number of nitrogens with zero attached hydrogens (tertiary/aromatic N) is 1. The van der Waals surface area contributed by atoms with Crippen molar-refractivity contribution in [3.63, 3.8) is 0 Å². The second-order valence-electron chi connectivity index (χ2n) is 5.40. The van der Waals surface area contributed by atoms with Crippen LogP contribution in [0.2, 0.25) is 0 Å². The fraction of sp³-hybridized carbons (Fsp3) is 1.00. The van der Waals surface area contributed by atoms with Crippen LogP contribution in [0.15, 0.2) is 0 Å². The Morgan fingerprint density at radius 2 is 2.00 bits per heavy atom. The molecule has 1 aliphatic heterocycles. The summed E-state index contributed by atoms with van der Waals surface area (Å²) >= 11 is 2.12. The minimum absolute atomic E-state index is 0.654. The minimum Gasteiger partial charge on any atom is -0.329 e. The highest BCUT2D eigenvalue weighted by Crippen LogP contribution is 2.34. The van der Waals surface area contributed by atoms with Crippen molar-refractivity contribution in [3.8, 4) is 0 Å². The summed E-state index contributed by atoms with van der Waals surface area (Å²) in [5.41, 5.74) is 6.04. The molecular weight excluding hydrogens is 216 g/mol. The highest BCUT2D eigenvalue weighted by atomic mass is 32.2. The summed E-state index contributed by atoms with van der Waals surface area (Å²) in [6.07, 6.45) is 5.67. The predicted molar refractivity (Wildman–Crippen MR) is 72.9 cm³/mol. The van der Waals surface area contributed by atoms with Gasteiger partial charge in [-0.05, 0) is 25.7 Å². The van der Waals surface area contributed by atoms with Crippen molar-refractivity contribution in [2.75, 3.05) is 18.8 Å². The molecule has 0 spiro atoms. The molecule has 1 saturated carbocycles. The molecular formula is C13H26N2S. The number of hydrogen-bond donors (Lipinski definition) is 1. The second kappa shape index (κ2) is 5.74. The topological polar surface area (TPSA) is 29.3 Å². The smallest absolute Gasteiger partial charge is 0.0250 e. The van der Waals surface area contributed by atoms with E-state index in [4.69, 9.17) is 5.73 Å². The van der Waals surface area contributed by atoms with Crippen LogP contribution in [0.4, 0.5) is 0 Å². The zero-order valence-corrected chi connectivity index (χ0v) is 11.5. The largest absolute Gasteiger partial charge is 0.329 e. The van der Waals surface area contributed by atoms with Gasteiger partial charge in [0.1, 0.15) is 0 Å². The average Bonchev–Trinajstić information content (AvgIpc) is 2.79. The van der Waals surface area contributed by atoms with Crippen molar-refractivity contribution in [3.05, 3.63) is 0 Å². The van der Waals surface area contributed by atoms with Gasteiger partial charge in [-0.3, -0.25) is 4.90 Å². The fourth-order valence-corrected chi connectivity index (χ4v) is 4.49. The Hall–Kier alpha value is 0.270. The molecule has 0 radical (unpaired) electrons. The van der Waals surface area contributed by atoms with Gasteiger partial charge < -0.3 is 5.73 Å². The molecule has 2 N–H and O–H groups in total. The summed E-state index contributed by atoms with van der Waals surface area (Å²) in [5.74, 6) is 2.16. The van der Waals surface area contributed by atoms with E-state index in [9.17, 15) is 0 Å². The maximum Gasteiger partial charge on any atom is 0.0250 e. The molecule has 3 heteroatoms. The van der Waals surface area contributed by atoms with E-state index in [-0.39, 0.29) is 0 Å². The Labute approximate surface area is 104 Å². The van der Waals surface area contributed by atoms with Crippen LogP contribution < -0.4 is 5.73 Å². The number of nitrogens with two attached hydrogens (primary N) is 1. The summed E-state index contributed by atoms with van der Waals surface area (Å²) in [4.78, 5) is 2.71. The molecule has 3 unspecified atom stereocenters. The molecule has 2 fully saturated rings. The zero-order chi connectivity index (χ0) is 11.5. The first kappa shape index (κ1) is 12.7. The van der Waals surface area contributed by atoms with Gasteiger partial charge in [0.25, 0.3) is 0 Å². The third kappa shape index (κ3) is 2.57. The van der Waals surface area contributed by atoms with E-state index in [1.807, 2.05) is 0 Å². The lowest BCUT2D eigenvalue weighted by atomic mass is 9.95. The molecule has 2 aliphatic rings. The molecule has 0 aromatic carbocycles. The number of rotatable bonds is 3. The summed E-state index contributed by atoms with van der Waals surface area (Å²) in [5, 5.41) is 0.768. The quantitative estimate of drug-likeness (QED) is 0.823. The van der Waals surface area contributed by atoms with E-state index in [2.05, 4.69) is 30.5 Å². The normalized spacial score (nSPS) is 35.4. The van der Waals surface area contributed by atoms with Gasteiger partial charge >= 0.3 is 0 Å². The van der Waals surface area contributed by atoms with Gasteiger partial charge in [-0.1, -0.05) is 19.8 Å². The predicted octanol–water partition coefficient (Wildman–Crippen LogP) is 2.33. The molecule has 0 aromatic rings. The van der Waals surface area contributed by atoms with E-state index in [1.165, 1.54) is 38.0 Å². The summed E-state index contributed by atoms with van der Waals surface area (Å²) in [7, 11) is 0. The average molecular weight is 242 g/mol. The first-order valence-corrected chi connectivity index (χ1v) is 7.86. The molecule has 0 bridgehead atoms. The van der Waals surface area contributed by atoms with E-state index in [1.54, 1.807) is 0 Å². The van der Waals surface area contributed by atoms with Gasteiger partial charge in [-0.2, -0.15) is 11.8 Å². The Morgan fingerprint density at radius 3 is 2.62 bits per heavy atom. The van der Waals surface area contributed by atoms with Crippen molar-refractivity contribution < 1.29 is 0 Å². The van der Waals surface area contributed by atoms with E-state index < -0.39 is 0 Å². The van der Waals surface area contributed by atoms with Gasteiger partial charge in [0.05, 0.1) is 0 Å². The van der Waals surface area contributed by atoms with Gasteiger partial charge in [-0.25, -0.2) is 0 Å². The first-order chi connectivity index (χ1) is 7.74. The molecule has 2 rings (SSSR count). The lowest BCUT2D eigenvalue weighted by Crippen LogP contribution is -2.54. The molecule has 94 valence electrons. The molecule has 16 heavy (non-hydrogen) atoms. The fourth-order valence-electron chi connectivity index (χ4n) is 3.37. The van der Waals surface area contributed by atoms with Crippen molar-refractivity contribution >= 4 is 11.8 Å². The molecule has 1 saturated heterocycles. The molecule has 1 heterocycles. The highest BCUT2D eigenvalue weighted by molar-refractivity contribution is 8.00. The van der Waals surface area contributed by atoms with Crippen LogP contribution in [0.5, 0.6) is 0 Å². The van der Waals surface area contributed by atoms with E-state index in [0.717, 1.165) is 17.7 Å². The van der Waals surface area contributed by atoms with Crippen molar-refractivity contribution in [2.45, 2.75) is 56.9 Å². The standard InChI is InChI=1S/C13H26N2S/c1-10-11(2)16-8-7-15(10)13(9-14)12-5-3-4-6-12/h10-13H,3-9,14H2,1-2H3. The lowest BCUT2D eigenvalue weighted by molar-refractivity contribution is 0.107. The van der Waals surface area contributed by atoms with E-state index >= 15 is 0 Å². The molecule has 1 aliphatic carbocycles. The Balaban J connectivity index is 2.01. The highest BCUT2D eigenvalue weighted by Gasteiger charge is 2.35. The zero-order valence-electron chi connectivity index (χ0n) is 10.7. The number of thioether (sulfide) groups is 1. The summed E-state index contributed by atoms with van der Waals surface area (Å²) < 4.78 is 0. The second-order valence-corrected chi connectivity index (χ2v) is 6.89. The minimum atomic E-state index is 0.654. The maximum atomic E-state index is 6.04. The monoisotopic (exact) mass is 242 g/mol. The van der Waals surface area contributed by atoms with Crippen LogP contribution >= 0.6 is 11.8 Å². The first-order valence-electron chi connectivity index (χ1n) is 6.81. The van der Waals surface area contributed by atoms with Crippen LogP contribution in [-0.4, -0.2) is 41.1 Å². The van der Waals surface area contributed by atoms with Gasteiger partial charge in [0.2, 0.25) is 0 Å². The van der Waals surface area contributed by atoms with Crippen LogP contribution in [0.25, 0.3) is 0 Å². The molecule has 3 atom stereocenters. The Morgan fingerprint density at radius 1 is 1.31 bits per heavy atom. The Kier molecular flexibility index (Phi) is 4.57. The van der Waals surface area contributed by atoms with Crippen LogP contribution in [0.3, 0.4) is 0 Å². The molecule has 0 amide bonds. The van der Waals surface area contributed by atoms with Crippen molar-refractivity contribution in [1.82, 2.24) is 4.90 Å². The van der Waals surface area contributed by atoms with Crippen LogP contribution in [0.1, 0.15) is 39.5 Å². The number of hydrogen-bond acceptors (Lipinski definition) is 3. The van der Waals surface area contributed by atoms with Crippen molar-refractivity contribution in [1.29, 1.82) is 0 Å². The third-order valence-electron chi connectivity index (χ3n) is 4.54. The SMILES string of the molecule is CC1SCCN(C(CN)C2CCCC2)C1C. The van der Waals surface area contributed by atoms with Crippen LogP contribution in [0, 0.1) is 5.92 Å². The summed E-state index contributed by atoms with van der Waals surface area (Å²) in [6.45, 7) is 6.85. The molecule has 0 aromatic heterocycles. The van der Waals surface area contributed by atoms with Gasteiger partial charge in [0, 0.05) is 36.2 Å². The van der Waals surface area contributed by atoms with Crippen LogP contribution in [-0.2, 0) is 0 Å². The van der Waals surface area contributed by atoms with Crippen molar-refractivity contribution in [2.24, 2.45) is 11.7 Å². The van der Waals surface area contributed by atoms with Gasteiger partial charge in [0.15, 0.2) is 0 Å². The Bertz CT molecular complexity index is 214. The van der Waals surface area contributed by atoms with Gasteiger partial charge in [-0.15, -0.1) is 0 Å². The lowest BCUT2D eigenvalue weighted by Gasteiger charge is -2.44. The third-order valence-corrected chi connectivity index (χ3v) is 5.88. The molecule has 2 nitrogen and oxygen atoms in total.